The first kappa shape index (κ1) is 16.7. The predicted molar refractivity (Wildman–Crippen MR) is 101 cm³/mol. The lowest BCUT2D eigenvalue weighted by Gasteiger charge is -2.42. The van der Waals surface area contributed by atoms with Crippen LogP contribution < -0.4 is 4.90 Å². The third kappa shape index (κ3) is 2.85. The van der Waals surface area contributed by atoms with Crippen LogP contribution in [-0.4, -0.2) is 16.7 Å². The topological polar surface area (TPSA) is 50.3 Å². The van der Waals surface area contributed by atoms with Gasteiger partial charge in [0.15, 0.2) is 5.78 Å². The molecule has 1 aliphatic carbocycles. The molecule has 0 bridgehead atoms. The molecular weight excluding hydrogens is 324 g/mol. The number of ketones is 1. The molecule has 0 saturated carbocycles. The Labute approximate surface area is 153 Å². The van der Waals surface area contributed by atoms with Crippen molar-refractivity contribution < 1.29 is 9.59 Å². The summed E-state index contributed by atoms with van der Waals surface area (Å²) in [6.45, 7) is 4.18. The van der Waals surface area contributed by atoms with Crippen molar-refractivity contribution in [3.05, 3.63) is 71.7 Å². The van der Waals surface area contributed by atoms with Crippen molar-refractivity contribution in [3.8, 4) is 0 Å². The number of nitrogens with zero attached hydrogens (tertiary/aromatic N) is 2. The van der Waals surface area contributed by atoms with Gasteiger partial charge in [-0.05, 0) is 29.5 Å². The molecule has 2 aliphatic rings. The summed E-state index contributed by atoms with van der Waals surface area (Å²) in [5.74, 6) is 0.0258. The summed E-state index contributed by atoms with van der Waals surface area (Å²) in [5, 5.41) is 0. The molecule has 1 atom stereocenters. The molecule has 1 aromatic heterocycles. The van der Waals surface area contributed by atoms with Crippen molar-refractivity contribution in [1.29, 1.82) is 0 Å². The fourth-order valence-electron chi connectivity index (χ4n) is 4.17. The Morgan fingerprint density at radius 2 is 1.81 bits per heavy atom. The standard InChI is InChI=1S/C22H22N2O2/c1-22(2)12-18-21(19(25)13-22)17(15-7-4-3-5-8-15)11-20(26)24(18)16-9-6-10-23-14-16/h3-10,14,17H,11-13H2,1-2H3. The van der Waals surface area contributed by atoms with E-state index in [4.69, 9.17) is 0 Å². The lowest BCUT2D eigenvalue weighted by molar-refractivity contribution is -0.121. The zero-order valence-electron chi connectivity index (χ0n) is 15.1. The summed E-state index contributed by atoms with van der Waals surface area (Å²) in [6.07, 6.45) is 4.92. The van der Waals surface area contributed by atoms with E-state index in [1.807, 2.05) is 42.5 Å². The van der Waals surface area contributed by atoms with Crippen molar-refractivity contribution in [2.24, 2.45) is 5.41 Å². The van der Waals surface area contributed by atoms with Gasteiger partial charge in [-0.2, -0.15) is 0 Å². The van der Waals surface area contributed by atoms with E-state index < -0.39 is 0 Å². The number of rotatable bonds is 2. The zero-order valence-corrected chi connectivity index (χ0v) is 15.1. The molecule has 1 aliphatic heterocycles. The van der Waals surface area contributed by atoms with E-state index >= 15 is 0 Å². The van der Waals surface area contributed by atoms with Crippen LogP contribution in [-0.2, 0) is 9.59 Å². The third-order valence-corrected chi connectivity index (χ3v) is 5.25. The van der Waals surface area contributed by atoms with Gasteiger partial charge < -0.3 is 0 Å². The van der Waals surface area contributed by atoms with E-state index in [-0.39, 0.29) is 23.0 Å². The molecule has 1 amide bonds. The minimum atomic E-state index is -0.158. The van der Waals surface area contributed by atoms with Gasteiger partial charge in [0.2, 0.25) is 5.91 Å². The molecule has 0 N–H and O–H groups in total. The lowest BCUT2D eigenvalue weighted by Crippen LogP contribution is -2.43. The number of anilines is 1. The summed E-state index contributed by atoms with van der Waals surface area (Å²) >= 11 is 0. The van der Waals surface area contributed by atoms with E-state index in [0.29, 0.717) is 19.3 Å². The van der Waals surface area contributed by atoms with E-state index in [0.717, 1.165) is 22.5 Å². The van der Waals surface area contributed by atoms with Crippen LogP contribution in [0, 0.1) is 5.41 Å². The maximum absolute atomic E-state index is 13.1. The van der Waals surface area contributed by atoms with Crippen molar-refractivity contribution in [2.75, 3.05) is 4.90 Å². The minimum absolute atomic E-state index is 0.0242. The largest absolute Gasteiger partial charge is 0.294 e. The van der Waals surface area contributed by atoms with Crippen LogP contribution >= 0.6 is 0 Å². The van der Waals surface area contributed by atoms with E-state index in [2.05, 4.69) is 18.8 Å². The average molecular weight is 346 g/mol. The van der Waals surface area contributed by atoms with E-state index in [1.165, 1.54) is 0 Å². The zero-order chi connectivity index (χ0) is 18.3. The van der Waals surface area contributed by atoms with Crippen LogP contribution in [0.4, 0.5) is 5.69 Å². The number of amides is 1. The summed E-state index contributed by atoms with van der Waals surface area (Å²) in [4.78, 5) is 32.1. The number of aromatic nitrogens is 1. The Morgan fingerprint density at radius 3 is 2.50 bits per heavy atom. The fourth-order valence-corrected chi connectivity index (χ4v) is 4.17. The molecule has 1 aromatic carbocycles. The molecular formula is C22H22N2O2. The molecule has 0 fully saturated rings. The maximum atomic E-state index is 13.1. The van der Waals surface area contributed by atoms with E-state index in [1.54, 1.807) is 17.3 Å². The molecule has 2 heterocycles. The van der Waals surface area contributed by atoms with Gasteiger partial charge in [-0.25, -0.2) is 0 Å². The Bertz CT molecular complexity index is 885. The maximum Gasteiger partial charge on any atom is 0.232 e. The second kappa shape index (κ2) is 6.20. The third-order valence-electron chi connectivity index (χ3n) is 5.25. The molecule has 0 spiro atoms. The van der Waals surface area contributed by atoms with Crippen LogP contribution in [0.25, 0.3) is 0 Å². The van der Waals surface area contributed by atoms with Crippen molar-refractivity contribution >= 4 is 17.4 Å². The number of benzene rings is 1. The molecule has 1 unspecified atom stereocenters. The molecule has 4 rings (SSSR count). The minimum Gasteiger partial charge on any atom is -0.294 e. The van der Waals surface area contributed by atoms with Gasteiger partial charge in [0.1, 0.15) is 0 Å². The van der Waals surface area contributed by atoms with Gasteiger partial charge in [-0.15, -0.1) is 0 Å². The highest BCUT2D eigenvalue weighted by molar-refractivity contribution is 6.07. The average Bonchev–Trinajstić information content (AvgIpc) is 2.61. The normalized spacial score (nSPS) is 22.4. The van der Waals surface area contributed by atoms with Crippen LogP contribution in [0.5, 0.6) is 0 Å². The van der Waals surface area contributed by atoms with Crippen LogP contribution in [0.1, 0.15) is 44.6 Å². The molecule has 4 nitrogen and oxygen atoms in total. The smallest absolute Gasteiger partial charge is 0.232 e. The highest BCUT2D eigenvalue weighted by atomic mass is 16.2. The Morgan fingerprint density at radius 1 is 1.04 bits per heavy atom. The first-order valence-corrected chi connectivity index (χ1v) is 9.00. The first-order chi connectivity index (χ1) is 12.5. The molecule has 26 heavy (non-hydrogen) atoms. The molecule has 2 aromatic rings. The van der Waals surface area contributed by atoms with E-state index in [9.17, 15) is 9.59 Å². The van der Waals surface area contributed by atoms with Crippen molar-refractivity contribution in [2.45, 2.75) is 39.0 Å². The number of Topliss-reactive ketones (excluding diaryl/α,β-unsaturated/α-hetero) is 1. The number of hydrogen-bond acceptors (Lipinski definition) is 3. The highest BCUT2D eigenvalue weighted by Crippen LogP contribution is 2.47. The number of carbonyl (C=O) groups is 2. The Kier molecular flexibility index (Phi) is 3.98. The van der Waals surface area contributed by atoms with Gasteiger partial charge in [0.05, 0.1) is 11.9 Å². The molecule has 0 radical (unpaired) electrons. The first-order valence-electron chi connectivity index (χ1n) is 9.00. The van der Waals surface area contributed by atoms with Gasteiger partial charge in [-0.3, -0.25) is 19.5 Å². The highest BCUT2D eigenvalue weighted by Gasteiger charge is 2.44. The van der Waals surface area contributed by atoms with Gasteiger partial charge in [0, 0.05) is 36.2 Å². The quantitative estimate of drug-likeness (QED) is 0.817. The number of hydrogen-bond donors (Lipinski definition) is 0. The lowest BCUT2D eigenvalue weighted by atomic mass is 9.69. The van der Waals surface area contributed by atoms with Crippen LogP contribution in [0.2, 0.25) is 0 Å². The van der Waals surface area contributed by atoms with Crippen molar-refractivity contribution in [1.82, 2.24) is 4.98 Å². The molecule has 4 heteroatoms. The Balaban J connectivity index is 1.90. The summed E-state index contributed by atoms with van der Waals surface area (Å²) in [6, 6.07) is 13.6. The molecule has 132 valence electrons. The fraction of sp³-hybridized carbons (Fsp3) is 0.318. The predicted octanol–water partition coefficient (Wildman–Crippen LogP) is 4.25. The van der Waals surface area contributed by atoms with Crippen LogP contribution in [0.15, 0.2) is 66.1 Å². The van der Waals surface area contributed by atoms with Gasteiger partial charge in [0.25, 0.3) is 0 Å². The van der Waals surface area contributed by atoms with Crippen LogP contribution in [0.3, 0.4) is 0 Å². The second-order valence-electron chi connectivity index (χ2n) is 7.91. The van der Waals surface area contributed by atoms with Crippen molar-refractivity contribution in [3.63, 3.8) is 0 Å². The monoisotopic (exact) mass is 346 g/mol. The SMILES string of the molecule is CC1(C)CC(=O)C2=C(C1)N(c1cccnc1)C(=O)CC2c1ccccc1. The number of carbonyl (C=O) groups excluding carboxylic acids is 2. The summed E-state index contributed by atoms with van der Waals surface area (Å²) < 4.78 is 0. The summed E-state index contributed by atoms with van der Waals surface area (Å²) in [7, 11) is 0. The summed E-state index contributed by atoms with van der Waals surface area (Å²) in [5.41, 5.74) is 3.27. The number of pyridine rings is 1. The second-order valence-corrected chi connectivity index (χ2v) is 7.91. The van der Waals surface area contributed by atoms with Gasteiger partial charge >= 0.3 is 0 Å². The molecule has 0 saturated heterocycles. The number of allylic oxidation sites excluding steroid dienone is 2. The van der Waals surface area contributed by atoms with Gasteiger partial charge in [-0.1, -0.05) is 44.2 Å². The Hall–Kier alpha value is -2.75.